The Morgan fingerprint density at radius 3 is 2.75 bits per heavy atom. The van der Waals surface area contributed by atoms with Crippen molar-refractivity contribution in [3.63, 3.8) is 0 Å². The minimum atomic E-state index is -1.11. The number of methoxy groups -OCH3 is 1. The van der Waals surface area contributed by atoms with Gasteiger partial charge in [0.2, 0.25) is 17.8 Å². The van der Waals surface area contributed by atoms with Gasteiger partial charge in [0, 0.05) is 25.6 Å². The van der Waals surface area contributed by atoms with Crippen molar-refractivity contribution in [1.82, 2.24) is 9.97 Å². The number of nitrogens with zero attached hydrogens (tertiary/aromatic N) is 3. The summed E-state index contributed by atoms with van der Waals surface area (Å²) in [4.78, 5) is 58.4. The summed E-state index contributed by atoms with van der Waals surface area (Å²) in [6, 6.07) is 11.8. The summed E-state index contributed by atoms with van der Waals surface area (Å²) in [6.07, 6.45) is 0.529. The second-order valence-electron chi connectivity index (χ2n) is 8.53. The Kier molecular flexibility index (Phi) is 5.84. The Labute approximate surface area is 204 Å². The van der Waals surface area contributed by atoms with E-state index in [1.54, 1.807) is 0 Å². The van der Waals surface area contributed by atoms with E-state index in [0.29, 0.717) is 19.0 Å². The number of benzene rings is 2. The monoisotopic (exact) mass is 490 g/mol. The van der Waals surface area contributed by atoms with Crippen LogP contribution in [0.5, 0.6) is 5.75 Å². The van der Waals surface area contributed by atoms with Crippen molar-refractivity contribution >= 4 is 35.0 Å². The highest BCUT2D eigenvalue weighted by Gasteiger charge is 2.35. The van der Waals surface area contributed by atoms with Crippen LogP contribution < -0.4 is 25.8 Å². The third-order valence-electron chi connectivity index (χ3n) is 6.34. The molecule has 0 saturated carbocycles. The van der Waals surface area contributed by atoms with Crippen molar-refractivity contribution in [2.75, 3.05) is 29.2 Å². The lowest BCUT2D eigenvalue weighted by Gasteiger charge is -2.30. The summed E-state index contributed by atoms with van der Waals surface area (Å²) in [5.41, 5.74) is 1.86. The van der Waals surface area contributed by atoms with Crippen molar-refractivity contribution in [2.24, 2.45) is 0 Å². The molecule has 0 saturated heterocycles. The van der Waals surface area contributed by atoms with Crippen LogP contribution in [0.4, 0.5) is 23.1 Å². The smallest absolute Gasteiger partial charge is 0.273 e. The maximum absolute atomic E-state index is 13.2. The molecule has 0 bridgehead atoms. The average molecular weight is 490 g/mol. The van der Waals surface area contributed by atoms with E-state index in [2.05, 4.69) is 26.7 Å². The van der Waals surface area contributed by atoms with Crippen LogP contribution in [0, 0.1) is 10.1 Å². The van der Waals surface area contributed by atoms with E-state index in [4.69, 9.17) is 4.74 Å². The van der Waals surface area contributed by atoms with Gasteiger partial charge in [0.15, 0.2) is 0 Å². The lowest BCUT2D eigenvalue weighted by atomic mass is 9.92. The summed E-state index contributed by atoms with van der Waals surface area (Å²) in [5.74, 6) is -1.77. The minimum Gasteiger partial charge on any atom is -0.494 e. The Morgan fingerprint density at radius 2 is 2.00 bits per heavy atom. The second kappa shape index (κ2) is 9.13. The molecule has 1 atom stereocenters. The van der Waals surface area contributed by atoms with Crippen molar-refractivity contribution in [3.8, 4) is 5.75 Å². The first-order valence-corrected chi connectivity index (χ1v) is 11.2. The molecule has 0 fully saturated rings. The topological polar surface area (TPSA) is 160 Å². The molecule has 12 nitrogen and oxygen atoms in total. The zero-order valence-corrected chi connectivity index (χ0v) is 19.2. The first-order chi connectivity index (χ1) is 17.3. The van der Waals surface area contributed by atoms with Crippen molar-refractivity contribution < 1.29 is 19.2 Å². The van der Waals surface area contributed by atoms with E-state index in [1.807, 2.05) is 23.1 Å². The van der Waals surface area contributed by atoms with Gasteiger partial charge >= 0.3 is 0 Å². The molecule has 1 aromatic heterocycles. The van der Waals surface area contributed by atoms with Crippen LogP contribution in [0.3, 0.4) is 0 Å². The number of fused-ring (bicyclic) bond motifs is 2. The van der Waals surface area contributed by atoms with Gasteiger partial charge < -0.3 is 20.3 Å². The van der Waals surface area contributed by atoms with Crippen LogP contribution in [0.2, 0.25) is 0 Å². The summed E-state index contributed by atoms with van der Waals surface area (Å²) >= 11 is 0. The Balaban J connectivity index is 1.44. The van der Waals surface area contributed by atoms with Crippen LogP contribution in [-0.2, 0) is 22.6 Å². The van der Waals surface area contributed by atoms with Crippen molar-refractivity contribution in [1.29, 1.82) is 0 Å². The third-order valence-corrected chi connectivity index (χ3v) is 6.34. The first-order valence-electron chi connectivity index (χ1n) is 11.2. The molecule has 2 aromatic carbocycles. The zero-order chi connectivity index (χ0) is 25.4. The number of aromatic amines is 1. The number of rotatable bonds is 5. The SMILES string of the molecule is COc1cc([N+](=O)[O-])ccc1NC(=O)C1CC(=O)Nc2nc(N3CCc4ccccc4C3)[nH]c(=O)c21. The first kappa shape index (κ1) is 23.0. The van der Waals surface area contributed by atoms with Crippen molar-refractivity contribution in [3.05, 3.63) is 79.6 Å². The normalized spacial score (nSPS) is 16.4. The van der Waals surface area contributed by atoms with Gasteiger partial charge in [-0.1, -0.05) is 24.3 Å². The van der Waals surface area contributed by atoms with Crippen molar-refractivity contribution in [2.45, 2.75) is 25.3 Å². The number of hydrogen-bond acceptors (Lipinski definition) is 8. The molecule has 3 N–H and O–H groups in total. The standard InChI is InChI=1S/C24H22N6O6/c1-36-18-10-15(30(34)35)6-7-17(18)25-22(32)16-11-19(31)26-21-20(16)23(33)28-24(27-21)29-9-8-13-4-2-3-5-14(13)12-29/h2-7,10,16H,8-9,11-12H2,1H3,(H,25,32)(H2,26,27,28,31,33). The number of nitrogens with one attached hydrogen (secondary N) is 3. The molecule has 0 spiro atoms. The number of H-pyrrole nitrogens is 1. The molecule has 5 rings (SSSR count). The van der Waals surface area contributed by atoms with Gasteiger partial charge in [0.05, 0.1) is 35.3 Å². The molecule has 0 aliphatic carbocycles. The molecule has 1 unspecified atom stereocenters. The Hall–Kier alpha value is -4.74. The number of anilines is 3. The van der Waals surface area contributed by atoms with E-state index < -0.39 is 28.2 Å². The number of amides is 2. The summed E-state index contributed by atoms with van der Waals surface area (Å²) in [7, 11) is 1.31. The van der Waals surface area contributed by atoms with Gasteiger partial charge in [0.25, 0.3) is 11.2 Å². The van der Waals surface area contributed by atoms with Gasteiger partial charge in [-0.05, 0) is 23.6 Å². The number of ether oxygens (including phenoxy) is 1. The molecular formula is C24H22N6O6. The fourth-order valence-electron chi connectivity index (χ4n) is 4.53. The summed E-state index contributed by atoms with van der Waals surface area (Å²) in [5, 5.41) is 16.3. The molecule has 36 heavy (non-hydrogen) atoms. The predicted octanol–water partition coefficient (Wildman–Crippen LogP) is 2.31. The maximum atomic E-state index is 13.2. The molecule has 0 radical (unpaired) electrons. The fraction of sp³-hybridized carbons (Fsp3) is 0.250. The number of nitro groups is 1. The van der Waals surface area contributed by atoms with Crippen LogP contribution in [-0.4, -0.2) is 40.4 Å². The third kappa shape index (κ3) is 4.24. The number of carbonyl (C=O) groups is 2. The van der Waals surface area contributed by atoms with Gasteiger partial charge in [-0.2, -0.15) is 4.98 Å². The Bertz CT molecular complexity index is 1450. The van der Waals surface area contributed by atoms with E-state index in [-0.39, 0.29) is 34.9 Å². The average Bonchev–Trinajstić information content (AvgIpc) is 2.87. The molecule has 184 valence electrons. The van der Waals surface area contributed by atoms with E-state index in [1.165, 1.54) is 30.9 Å². The summed E-state index contributed by atoms with van der Waals surface area (Å²) < 4.78 is 5.16. The van der Waals surface area contributed by atoms with E-state index in [0.717, 1.165) is 12.0 Å². The minimum absolute atomic E-state index is 0.0414. The van der Waals surface area contributed by atoms with Gasteiger partial charge in [-0.15, -0.1) is 0 Å². The zero-order valence-electron chi connectivity index (χ0n) is 19.2. The van der Waals surface area contributed by atoms with Gasteiger partial charge in [-0.3, -0.25) is 29.5 Å². The number of aromatic nitrogens is 2. The molecule has 3 aromatic rings. The van der Waals surface area contributed by atoms with Gasteiger partial charge in [-0.25, -0.2) is 0 Å². The van der Waals surface area contributed by atoms with Crippen LogP contribution in [0.25, 0.3) is 0 Å². The van der Waals surface area contributed by atoms with Crippen LogP contribution in [0.1, 0.15) is 29.0 Å². The maximum Gasteiger partial charge on any atom is 0.273 e. The number of carbonyl (C=O) groups excluding carboxylic acids is 2. The molecular weight excluding hydrogens is 468 g/mol. The molecule has 2 aliphatic heterocycles. The Morgan fingerprint density at radius 1 is 1.22 bits per heavy atom. The van der Waals surface area contributed by atoms with E-state index in [9.17, 15) is 24.5 Å². The lowest BCUT2D eigenvalue weighted by molar-refractivity contribution is -0.384. The molecule has 2 amide bonds. The quantitative estimate of drug-likeness (QED) is 0.363. The fourth-order valence-corrected chi connectivity index (χ4v) is 4.53. The summed E-state index contributed by atoms with van der Waals surface area (Å²) in [6.45, 7) is 1.19. The van der Waals surface area contributed by atoms with Gasteiger partial charge in [0.1, 0.15) is 11.6 Å². The molecule has 3 heterocycles. The number of non-ortho nitro benzene ring substituents is 1. The molecule has 12 heteroatoms. The highest BCUT2D eigenvalue weighted by atomic mass is 16.6. The highest BCUT2D eigenvalue weighted by molar-refractivity contribution is 6.05. The largest absolute Gasteiger partial charge is 0.494 e. The lowest BCUT2D eigenvalue weighted by Crippen LogP contribution is -2.38. The number of hydrogen-bond donors (Lipinski definition) is 3. The highest BCUT2D eigenvalue weighted by Crippen LogP contribution is 2.34. The van der Waals surface area contributed by atoms with Crippen LogP contribution in [0.15, 0.2) is 47.3 Å². The number of nitro benzene ring substituents is 1. The second-order valence-corrected chi connectivity index (χ2v) is 8.53. The predicted molar refractivity (Wildman–Crippen MR) is 130 cm³/mol. The van der Waals surface area contributed by atoms with E-state index >= 15 is 0 Å². The molecule has 2 aliphatic rings. The van der Waals surface area contributed by atoms with Crippen LogP contribution >= 0.6 is 0 Å².